The Morgan fingerprint density at radius 2 is 1.59 bits per heavy atom. The van der Waals surface area contributed by atoms with Crippen molar-refractivity contribution in [2.75, 3.05) is 45.9 Å². The number of benzene rings is 1. The normalized spacial score (nSPS) is 20.0. The summed E-state index contributed by atoms with van der Waals surface area (Å²) >= 11 is 0. The van der Waals surface area contributed by atoms with Gasteiger partial charge in [-0.2, -0.15) is 4.31 Å². The molecule has 2 fully saturated rings. The summed E-state index contributed by atoms with van der Waals surface area (Å²) in [5.74, 6) is 0.463. The van der Waals surface area contributed by atoms with Crippen LogP contribution in [0.1, 0.15) is 55.4 Å². The van der Waals surface area contributed by atoms with Crippen LogP contribution >= 0.6 is 0 Å². The Kier molecular flexibility index (Phi) is 9.17. The number of rotatable bonds is 8. The first-order valence-corrected chi connectivity index (χ1v) is 14.1. The molecular formula is C26H43N3O4S. The summed E-state index contributed by atoms with van der Waals surface area (Å²) in [7, 11) is -3.59. The highest BCUT2D eigenvalue weighted by Gasteiger charge is 2.34. The van der Waals surface area contributed by atoms with Gasteiger partial charge in [-0.1, -0.05) is 19.9 Å². The van der Waals surface area contributed by atoms with Crippen LogP contribution in [0.3, 0.4) is 0 Å². The van der Waals surface area contributed by atoms with Crippen molar-refractivity contribution < 1.29 is 17.9 Å². The van der Waals surface area contributed by atoms with Crippen LogP contribution in [0.25, 0.3) is 0 Å². The van der Waals surface area contributed by atoms with E-state index in [4.69, 9.17) is 4.74 Å². The quantitative estimate of drug-likeness (QED) is 0.602. The summed E-state index contributed by atoms with van der Waals surface area (Å²) in [5.41, 5.74) is 3.63. The van der Waals surface area contributed by atoms with Gasteiger partial charge in [-0.05, 0) is 75.1 Å². The minimum absolute atomic E-state index is 0.0535. The number of nitrogens with zero attached hydrogens (tertiary/aromatic N) is 2. The van der Waals surface area contributed by atoms with Crippen LogP contribution in [0.4, 0.5) is 0 Å². The van der Waals surface area contributed by atoms with E-state index in [1.807, 2.05) is 33.8 Å². The molecule has 192 valence electrons. The van der Waals surface area contributed by atoms with Gasteiger partial charge < -0.3 is 10.1 Å². The van der Waals surface area contributed by atoms with Crippen molar-refractivity contribution in [3.05, 3.63) is 28.3 Å². The third-order valence-corrected chi connectivity index (χ3v) is 9.71. The largest absolute Gasteiger partial charge is 0.379 e. The van der Waals surface area contributed by atoms with E-state index in [0.717, 1.165) is 55.0 Å². The number of hydrogen-bond acceptors (Lipinski definition) is 5. The Morgan fingerprint density at radius 3 is 2.12 bits per heavy atom. The van der Waals surface area contributed by atoms with Gasteiger partial charge >= 0.3 is 0 Å². The number of morpholine rings is 1. The number of nitrogens with one attached hydrogen (secondary N) is 1. The van der Waals surface area contributed by atoms with Crippen LogP contribution in [0.2, 0.25) is 0 Å². The number of ether oxygens (including phenoxy) is 1. The molecule has 8 heteroatoms. The first kappa shape index (κ1) is 27.1. The summed E-state index contributed by atoms with van der Waals surface area (Å²) in [5, 5.41) is 3.18. The van der Waals surface area contributed by atoms with Gasteiger partial charge in [0.1, 0.15) is 0 Å². The lowest BCUT2D eigenvalue weighted by molar-refractivity contribution is -0.126. The zero-order valence-corrected chi connectivity index (χ0v) is 22.6. The van der Waals surface area contributed by atoms with Gasteiger partial charge in [-0.25, -0.2) is 8.42 Å². The number of hydrogen-bond donors (Lipinski definition) is 1. The fourth-order valence-corrected chi connectivity index (χ4v) is 7.31. The topological polar surface area (TPSA) is 79.0 Å². The second-order valence-electron chi connectivity index (χ2n) is 10.4. The molecule has 0 radical (unpaired) electrons. The minimum Gasteiger partial charge on any atom is -0.379 e. The molecule has 1 unspecified atom stereocenters. The van der Waals surface area contributed by atoms with E-state index in [9.17, 15) is 13.2 Å². The van der Waals surface area contributed by atoms with Crippen molar-refractivity contribution in [2.24, 2.45) is 11.8 Å². The Balaban J connectivity index is 1.60. The standard InChI is InChI=1S/C26H43N3O4S/c1-18(2)15-24(28-11-13-33-14-12-28)17-27-26(30)23-7-9-29(10-8-23)34(31,32)25-21(5)19(3)16-20(4)22(25)6/h16,18,23-24H,7-15,17H2,1-6H3,(H,27,30). The Labute approximate surface area is 206 Å². The second kappa shape index (κ2) is 11.5. The van der Waals surface area contributed by atoms with Crippen LogP contribution in [0.15, 0.2) is 11.0 Å². The monoisotopic (exact) mass is 493 g/mol. The third kappa shape index (κ3) is 6.20. The van der Waals surface area contributed by atoms with E-state index in [1.165, 1.54) is 0 Å². The molecular weight excluding hydrogens is 450 g/mol. The molecule has 0 aromatic heterocycles. The zero-order valence-electron chi connectivity index (χ0n) is 21.8. The van der Waals surface area contributed by atoms with E-state index in [2.05, 4.69) is 24.1 Å². The molecule has 1 aromatic rings. The van der Waals surface area contributed by atoms with Crippen molar-refractivity contribution in [1.29, 1.82) is 0 Å². The fourth-order valence-electron chi connectivity index (χ4n) is 5.27. The molecule has 0 spiro atoms. The van der Waals surface area contributed by atoms with E-state index in [0.29, 0.717) is 49.3 Å². The number of amides is 1. The maximum Gasteiger partial charge on any atom is 0.243 e. The van der Waals surface area contributed by atoms with Crippen molar-refractivity contribution >= 4 is 15.9 Å². The van der Waals surface area contributed by atoms with Crippen LogP contribution in [0, 0.1) is 39.5 Å². The van der Waals surface area contributed by atoms with E-state index in [-0.39, 0.29) is 11.8 Å². The van der Waals surface area contributed by atoms with Crippen molar-refractivity contribution in [1.82, 2.24) is 14.5 Å². The molecule has 0 saturated carbocycles. The van der Waals surface area contributed by atoms with E-state index < -0.39 is 10.0 Å². The maximum atomic E-state index is 13.5. The molecule has 7 nitrogen and oxygen atoms in total. The predicted molar refractivity (Wildman–Crippen MR) is 136 cm³/mol. The number of carbonyl (C=O) groups is 1. The van der Waals surface area contributed by atoms with Gasteiger partial charge in [0.05, 0.1) is 18.1 Å². The van der Waals surface area contributed by atoms with Gasteiger partial charge in [0, 0.05) is 44.7 Å². The van der Waals surface area contributed by atoms with Crippen LogP contribution < -0.4 is 5.32 Å². The molecule has 0 bridgehead atoms. The van der Waals surface area contributed by atoms with Gasteiger partial charge in [0.2, 0.25) is 15.9 Å². The molecule has 2 heterocycles. The molecule has 1 aromatic carbocycles. The van der Waals surface area contributed by atoms with Gasteiger partial charge in [0.25, 0.3) is 0 Å². The molecule has 2 aliphatic heterocycles. The molecule has 3 rings (SSSR count). The van der Waals surface area contributed by atoms with Gasteiger partial charge in [-0.3, -0.25) is 9.69 Å². The highest BCUT2D eigenvalue weighted by Crippen LogP contribution is 2.31. The summed E-state index contributed by atoms with van der Waals surface area (Å²) < 4.78 is 34.1. The smallest absolute Gasteiger partial charge is 0.243 e. The average molecular weight is 494 g/mol. The van der Waals surface area contributed by atoms with Crippen LogP contribution in [0.5, 0.6) is 0 Å². The minimum atomic E-state index is -3.59. The number of carbonyl (C=O) groups excluding carboxylic acids is 1. The van der Waals surface area contributed by atoms with Crippen LogP contribution in [-0.4, -0.2) is 75.5 Å². The van der Waals surface area contributed by atoms with Crippen LogP contribution in [-0.2, 0) is 19.6 Å². The molecule has 2 aliphatic rings. The first-order valence-electron chi connectivity index (χ1n) is 12.7. The van der Waals surface area contributed by atoms with Crippen molar-refractivity contribution in [3.63, 3.8) is 0 Å². The average Bonchev–Trinajstić information content (AvgIpc) is 2.80. The lowest BCUT2D eigenvalue weighted by Gasteiger charge is -2.36. The molecule has 0 aliphatic carbocycles. The zero-order chi connectivity index (χ0) is 25.0. The molecule has 34 heavy (non-hydrogen) atoms. The Hall–Kier alpha value is -1.48. The molecule has 1 N–H and O–H groups in total. The van der Waals surface area contributed by atoms with E-state index >= 15 is 0 Å². The Bertz CT molecular complexity index is 936. The second-order valence-corrected chi connectivity index (χ2v) is 12.3. The van der Waals surface area contributed by atoms with Gasteiger partial charge in [0.15, 0.2) is 0 Å². The highest BCUT2D eigenvalue weighted by atomic mass is 32.2. The first-order chi connectivity index (χ1) is 16.0. The molecule has 1 atom stereocenters. The van der Waals surface area contributed by atoms with Crippen molar-refractivity contribution in [2.45, 2.75) is 71.7 Å². The maximum absolute atomic E-state index is 13.5. The number of piperidine rings is 1. The Morgan fingerprint density at radius 1 is 1.03 bits per heavy atom. The summed E-state index contributed by atoms with van der Waals surface area (Å²) in [6, 6.07) is 2.35. The van der Waals surface area contributed by atoms with Gasteiger partial charge in [-0.15, -0.1) is 0 Å². The van der Waals surface area contributed by atoms with E-state index in [1.54, 1.807) is 4.31 Å². The highest BCUT2D eigenvalue weighted by molar-refractivity contribution is 7.89. The number of sulfonamides is 1. The lowest BCUT2D eigenvalue weighted by atomic mass is 9.96. The summed E-state index contributed by atoms with van der Waals surface area (Å²) in [4.78, 5) is 15.8. The SMILES string of the molecule is Cc1cc(C)c(C)c(S(=O)(=O)N2CCC(C(=O)NCC(CC(C)C)N3CCOCC3)CC2)c1C. The number of aryl methyl sites for hydroxylation is 2. The predicted octanol–water partition coefficient (Wildman–Crippen LogP) is 3.18. The molecule has 1 amide bonds. The lowest BCUT2D eigenvalue weighted by Crippen LogP contribution is -2.50. The van der Waals surface area contributed by atoms with Crippen molar-refractivity contribution in [3.8, 4) is 0 Å². The fraction of sp³-hybridized carbons (Fsp3) is 0.731. The summed E-state index contributed by atoms with van der Waals surface area (Å²) in [6.07, 6.45) is 2.15. The summed E-state index contributed by atoms with van der Waals surface area (Å²) in [6.45, 7) is 16.8. The third-order valence-electron chi connectivity index (χ3n) is 7.54. The molecule has 2 saturated heterocycles.